The lowest BCUT2D eigenvalue weighted by Crippen LogP contribution is -2.08. The molecule has 0 amide bonds. The van der Waals surface area contributed by atoms with E-state index in [0.717, 1.165) is 0 Å². The fourth-order valence-electron chi connectivity index (χ4n) is 1.40. The molecule has 7 heteroatoms. The normalized spacial score (nSPS) is 11.1. The summed E-state index contributed by atoms with van der Waals surface area (Å²) in [6.07, 6.45) is -0.0166. The molecule has 100 valence electrons. The SMILES string of the molecule is CCOC(=O)Cc1ccc(OC)c(S(=O)(=O)Cl)c1. The first-order chi connectivity index (χ1) is 8.38. The van der Waals surface area contributed by atoms with Crippen LogP contribution >= 0.6 is 10.7 Å². The monoisotopic (exact) mass is 292 g/mol. The molecule has 1 rings (SSSR count). The van der Waals surface area contributed by atoms with Crippen molar-refractivity contribution in [1.29, 1.82) is 0 Å². The van der Waals surface area contributed by atoms with Gasteiger partial charge < -0.3 is 9.47 Å². The summed E-state index contributed by atoms with van der Waals surface area (Å²) in [5, 5.41) is 0. The van der Waals surface area contributed by atoms with Gasteiger partial charge in [0, 0.05) is 10.7 Å². The van der Waals surface area contributed by atoms with E-state index < -0.39 is 15.0 Å². The van der Waals surface area contributed by atoms with E-state index in [-0.39, 0.29) is 23.7 Å². The van der Waals surface area contributed by atoms with Crippen molar-refractivity contribution in [1.82, 2.24) is 0 Å². The van der Waals surface area contributed by atoms with Crippen molar-refractivity contribution >= 4 is 25.7 Å². The van der Waals surface area contributed by atoms with Crippen LogP contribution in [0.15, 0.2) is 23.1 Å². The molecule has 1 aromatic rings. The van der Waals surface area contributed by atoms with Gasteiger partial charge in [0.05, 0.1) is 20.1 Å². The first-order valence-electron chi connectivity index (χ1n) is 5.15. The molecule has 0 bridgehead atoms. The van der Waals surface area contributed by atoms with Crippen LogP contribution in [0.4, 0.5) is 0 Å². The van der Waals surface area contributed by atoms with Gasteiger partial charge in [0.25, 0.3) is 9.05 Å². The summed E-state index contributed by atoms with van der Waals surface area (Å²) in [4.78, 5) is 11.1. The number of rotatable bonds is 5. The Balaban J connectivity index is 3.08. The number of hydrogen-bond acceptors (Lipinski definition) is 5. The molecule has 0 spiro atoms. The van der Waals surface area contributed by atoms with Crippen LogP contribution in [0.2, 0.25) is 0 Å². The van der Waals surface area contributed by atoms with Crippen LogP contribution in [0.5, 0.6) is 5.75 Å². The number of carbonyl (C=O) groups is 1. The third-order valence-electron chi connectivity index (χ3n) is 2.14. The van der Waals surface area contributed by atoms with Gasteiger partial charge in [-0.1, -0.05) is 6.07 Å². The van der Waals surface area contributed by atoms with Gasteiger partial charge in [-0.3, -0.25) is 4.79 Å². The Morgan fingerprint density at radius 3 is 2.56 bits per heavy atom. The average Bonchev–Trinajstić information content (AvgIpc) is 2.28. The number of methoxy groups -OCH3 is 1. The quantitative estimate of drug-likeness (QED) is 0.610. The minimum Gasteiger partial charge on any atom is -0.495 e. The molecule has 0 aliphatic heterocycles. The van der Waals surface area contributed by atoms with Crippen LogP contribution in [0.1, 0.15) is 12.5 Å². The van der Waals surface area contributed by atoms with Crippen molar-refractivity contribution in [2.75, 3.05) is 13.7 Å². The van der Waals surface area contributed by atoms with Crippen LogP contribution in [0, 0.1) is 0 Å². The first kappa shape index (κ1) is 14.8. The largest absolute Gasteiger partial charge is 0.495 e. The van der Waals surface area contributed by atoms with E-state index in [1.165, 1.54) is 19.2 Å². The number of halogens is 1. The molecule has 0 aliphatic carbocycles. The van der Waals surface area contributed by atoms with Crippen molar-refractivity contribution in [2.24, 2.45) is 0 Å². The highest BCUT2D eigenvalue weighted by Gasteiger charge is 2.18. The third-order valence-corrected chi connectivity index (χ3v) is 3.49. The third kappa shape index (κ3) is 3.89. The van der Waals surface area contributed by atoms with E-state index in [1.807, 2.05) is 0 Å². The van der Waals surface area contributed by atoms with E-state index in [1.54, 1.807) is 13.0 Å². The van der Waals surface area contributed by atoms with Crippen LogP contribution in [0.25, 0.3) is 0 Å². The Labute approximate surface area is 110 Å². The Hall–Kier alpha value is -1.27. The Morgan fingerprint density at radius 1 is 1.39 bits per heavy atom. The van der Waals surface area contributed by atoms with Gasteiger partial charge in [0.15, 0.2) is 0 Å². The standard InChI is InChI=1S/C11H13ClO5S/c1-3-17-11(13)7-8-4-5-9(16-2)10(6-8)18(12,14)15/h4-6H,3,7H2,1-2H3. The predicted octanol–water partition coefficient (Wildman–Crippen LogP) is 1.73. The summed E-state index contributed by atoms with van der Waals surface area (Å²) >= 11 is 0. The molecule has 0 unspecified atom stereocenters. The molecule has 1 aromatic carbocycles. The maximum Gasteiger partial charge on any atom is 0.310 e. The van der Waals surface area contributed by atoms with Crippen LogP contribution in [0.3, 0.4) is 0 Å². The topological polar surface area (TPSA) is 69.7 Å². The van der Waals surface area contributed by atoms with Gasteiger partial charge in [-0.2, -0.15) is 0 Å². The van der Waals surface area contributed by atoms with Crippen LogP contribution < -0.4 is 4.74 Å². The summed E-state index contributed by atoms with van der Waals surface area (Å²) in [7, 11) is 2.71. The second-order valence-electron chi connectivity index (χ2n) is 3.40. The molecule has 0 N–H and O–H groups in total. The van der Waals surface area contributed by atoms with Gasteiger partial charge >= 0.3 is 5.97 Å². The number of esters is 1. The van der Waals surface area contributed by atoms with Crippen molar-refractivity contribution in [2.45, 2.75) is 18.2 Å². The van der Waals surface area contributed by atoms with Crippen molar-refractivity contribution < 1.29 is 22.7 Å². The van der Waals surface area contributed by atoms with E-state index in [4.69, 9.17) is 20.2 Å². The lowest BCUT2D eigenvalue weighted by molar-refractivity contribution is -0.142. The Morgan fingerprint density at radius 2 is 2.06 bits per heavy atom. The van der Waals surface area contributed by atoms with Gasteiger partial charge in [-0.05, 0) is 24.6 Å². The minimum absolute atomic E-state index is 0.0166. The van der Waals surface area contributed by atoms with E-state index in [9.17, 15) is 13.2 Å². The summed E-state index contributed by atoms with van der Waals surface area (Å²) < 4.78 is 32.4. The summed E-state index contributed by atoms with van der Waals surface area (Å²) in [5.74, 6) is -0.293. The van der Waals surface area contributed by atoms with Crippen LogP contribution in [-0.2, 0) is 25.0 Å². The minimum atomic E-state index is -3.92. The number of carbonyl (C=O) groups excluding carboxylic acids is 1. The first-order valence-corrected chi connectivity index (χ1v) is 7.46. The zero-order chi connectivity index (χ0) is 13.8. The Bertz CT molecular complexity index is 538. The number of benzene rings is 1. The van der Waals surface area contributed by atoms with E-state index in [2.05, 4.69) is 0 Å². The second kappa shape index (κ2) is 6.06. The predicted molar refractivity (Wildman–Crippen MR) is 66.4 cm³/mol. The molecule has 0 fully saturated rings. The zero-order valence-electron chi connectivity index (χ0n) is 9.97. The molecule has 0 atom stereocenters. The molecule has 5 nitrogen and oxygen atoms in total. The second-order valence-corrected chi connectivity index (χ2v) is 5.94. The lowest BCUT2D eigenvalue weighted by atomic mass is 10.1. The van der Waals surface area contributed by atoms with Crippen molar-refractivity contribution in [3.8, 4) is 5.75 Å². The lowest BCUT2D eigenvalue weighted by Gasteiger charge is -2.08. The number of ether oxygens (including phenoxy) is 2. The van der Waals surface area contributed by atoms with Gasteiger partial charge in [-0.25, -0.2) is 8.42 Å². The van der Waals surface area contributed by atoms with Gasteiger partial charge in [0.2, 0.25) is 0 Å². The fraction of sp³-hybridized carbons (Fsp3) is 0.364. The highest BCUT2D eigenvalue weighted by Crippen LogP contribution is 2.28. The smallest absolute Gasteiger partial charge is 0.310 e. The molecule has 0 aromatic heterocycles. The maximum atomic E-state index is 11.3. The molecule has 18 heavy (non-hydrogen) atoms. The fourth-order valence-corrected chi connectivity index (χ4v) is 2.45. The molecule has 0 radical (unpaired) electrons. The summed E-state index contributed by atoms with van der Waals surface area (Å²) in [5.41, 5.74) is 0.494. The van der Waals surface area contributed by atoms with Gasteiger partial charge in [-0.15, -0.1) is 0 Å². The molecule has 0 heterocycles. The molecular weight excluding hydrogens is 280 g/mol. The maximum absolute atomic E-state index is 11.3. The zero-order valence-corrected chi connectivity index (χ0v) is 11.5. The van der Waals surface area contributed by atoms with Crippen molar-refractivity contribution in [3.63, 3.8) is 0 Å². The van der Waals surface area contributed by atoms with E-state index >= 15 is 0 Å². The van der Waals surface area contributed by atoms with Crippen molar-refractivity contribution in [3.05, 3.63) is 23.8 Å². The molecule has 0 aliphatic rings. The molecule has 0 saturated heterocycles. The summed E-state index contributed by atoms with van der Waals surface area (Å²) in [6, 6.07) is 4.34. The molecular formula is C11H13ClO5S. The summed E-state index contributed by atoms with van der Waals surface area (Å²) in [6.45, 7) is 1.97. The average molecular weight is 293 g/mol. The van der Waals surface area contributed by atoms with Gasteiger partial charge in [0.1, 0.15) is 10.6 Å². The van der Waals surface area contributed by atoms with Crippen LogP contribution in [-0.4, -0.2) is 28.1 Å². The highest BCUT2D eigenvalue weighted by molar-refractivity contribution is 8.13. The van der Waals surface area contributed by atoms with E-state index in [0.29, 0.717) is 5.56 Å². The molecule has 0 saturated carbocycles. The Kier molecular flexibility index (Phi) is 4.98. The number of hydrogen-bond donors (Lipinski definition) is 0. The highest BCUT2D eigenvalue weighted by atomic mass is 35.7.